The Labute approximate surface area is 128 Å². The van der Waals surface area contributed by atoms with Crippen LogP contribution in [0.15, 0.2) is 35.1 Å². The maximum Gasteiger partial charge on any atom is 0.270 e. The summed E-state index contributed by atoms with van der Waals surface area (Å²) in [6, 6.07) is 8.55. The third-order valence-corrected chi connectivity index (χ3v) is 3.32. The van der Waals surface area contributed by atoms with Crippen molar-refractivity contribution in [3.8, 4) is 5.75 Å². The molecule has 1 aromatic carbocycles. The van der Waals surface area contributed by atoms with Crippen LogP contribution in [-0.2, 0) is 0 Å². The monoisotopic (exact) mass is 301 g/mol. The molecule has 116 valence electrons. The van der Waals surface area contributed by atoms with Gasteiger partial charge >= 0.3 is 0 Å². The first-order valence-corrected chi connectivity index (χ1v) is 7.06. The van der Waals surface area contributed by atoms with Crippen LogP contribution in [0.5, 0.6) is 5.75 Å². The summed E-state index contributed by atoms with van der Waals surface area (Å²) in [7, 11) is 1.61. The van der Waals surface area contributed by atoms with E-state index in [0.29, 0.717) is 5.82 Å². The summed E-state index contributed by atoms with van der Waals surface area (Å²) in [5, 5.41) is 2.90. The average molecular weight is 301 g/mol. The van der Waals surface area contributed by atoms with E-state index in [9.17, 15) is 9.59 Å². The Morgan fingerprint density at radius 2 is 2.05 bits per heavy atom. The van der Waals surface area contributed by atoms with Gasteiger partial charge in [-0.2, -0.15) is 0 Å². The van der Waals surface area contributed by atoms with Gasteiger partial charge in [-0.3, -0.25) is 9.59 Å². The second kappa shape index (κ2) is 6.89. The number of aryl methyl sites for hydroxylation is 1. The lowest BCUT2D eigenvalue weighted by molar-refractivity contribution is 0.0930. The van der Waals surface area contributed by atoms with E-state index in [-0.39, 0.29) is 23.2 Å². The van der Waals surface area contributed by atoms with Gasteiger partial charge in [-0.1, -0.05) is 19.1 Å². The molecule has 6 nitrogen and oxygen atoms in total. The summed E-state index contributed by atoms with van der Waals surface area (Å²) in [6.07, 6.45) is 0.722. The Balaban J connectivity index is 2.18. The van der Waals surface area contributed by atoms with Crippen LogP contribution in [-0.4, -0.2) is 23.0 Å². The number of carbonyl (C=O) groups excluding carboxylic acids is 1. The number of aromatic amines is 1. The Bertz CT molecular complexity index is 707. The van der Waals surface area contributed by atoms with Crippen LogP contribution in [0.25, 0.3) is 0 Å². The third-order valence-electron chi connectivity index (χ3n) is 3.32. The van der Waals surface area contributed by atoms with E-state index in [1.54, 1.807) is 14.0 Å². The maximum absolute atomic E-state index is 12.3. The van der Waals surface area contributed by atoms with Crippen LogP contribution in [0.1, 0.15) is 41.3 Å². The fourth-order valence-corrected chi connectivity index (χ4v) is 2.19. The molecule has 22 heavy (non-hydrogen) atoms. The zero-order valence-electron chi connectivity index (χ0n) is 12.8. The molecule has 0 bridgehead atoms. The minimum Gasteiger partial charge on any atom is -0.497 e. The first-order chi connectivity index (χ1) is 10.5. The molecule has 0 saturated carbocycles. The molecule has 0 aliphatic heterocycles. The number of aromatic nitrogens is 2. The number of benzene rings is 1. The van der Waals surface area contributed by atoms with Crippen LogP contribution < -0.4 is 15.6 Å². The van der Waals surface area contributed by atoms with Crippen LogP contribution in [0.3, 0.4) is 0 Å². The van der Waals surface area contributed by atoms with E-state index in [1.807, 2.05) is 31.2 Å². The molecule has 1 heterocycles. The SMILES string of the molecule is CC[C@@H](NC(=O)c1cc(=O)[nH]c(C)n1)c1ccc(OC)cc1. The fourth-order valence-electron chi connectivity index (χ4n) is 2.19. The fraction of sp³-hybridized carbons (Fsp3) is 0.312. The molecule has 1 aromatic heterocycles. The van der Waals surface area contributed by atoms with Crippen LogP contribution in [0.4, 0.5) is 0 Å². The molecule has 0 aliphatic carbocycles. The lowest BCUT2D eigenvalue weighted by Gasteiger charge is -2.17. The van der Waals surface area contributed by atoms with Crippen molar-refractivity contribution in [2.75, 3.05) is 7.11 Å². The molecule has 0 fully saturated rings. The molecule has 1 amide bonds. The van der Waals surface area contributed by atoms with Crippen molar-refractivity contribution in [1.29, 1.82) is 0 Å². The van der Waals surface area contributed by atoms with Gasteiger partial charge in [-0.15, -0.1) is 0 Å². The molecular formula is C16H19N3O3. The van der Waals surface area contributed by atoms with E-state index in [1.165, 1.54) is 6.07 Å². The second-order valence-electron chi connectivity index (χ2n) is 4.92. The molecule has 2 aromatic rings. The highest BCUT2D eigenvalue weighted by Gasteiger charge is 2.16. The molecule has 0 spiro atoms. The van der Waals surface area contributed by atoms with E-state index in [0.717, 1.165) is 17.7 Å². The Morgan fingerprint density at radius 3 is 2.59 bits per heavy atom. The predicted octanol–water partition coefficient (Wildman–Crippen LogP) is 1.97. The van der Waals surface area contributed by atoms with Crippen molar-refractivity contribution in [2.45, 2.75) is 26.3 Å². The summed E-state index contributed by atoms with van der Waals surface area (Å²) < 4.78 is 5.12. The summed E-state index contributed by atoms with van der Waals surface area (Å²) in [4.78, 5) is 30.3. The first kappa shape index (κ1) is 15.8. The third kappa shape index (κ3) is 3.72. The number of carbonyl (C=O) groups is 1. The van der Waals surface area contributed by atoms with Crippen molar-refractivity contribution in [1.82, 2.24) is 15.3 Å². The van der Waals surface area contributed by atoms with Gasteiger partial charge in [0.25, 0.3) is 11.5 Å². The van der Waals surface area contributed by atoms with E-state index < -0.39 is 0 Å². The summed E-state index contributed by atoms with van der Waals surface area (Å²) in [5.41, 5.74) is 0.751. The number of ether oxygens (including phenoxy) is 1. The maximum atomic E-state index is 12.3. The number of methoxy groups -OCH3 is 1. The lowest BCUT2D eigenvalue weighted by Crippen LogP contribution is -2.30. The highest BCUT2D eigenvalue weighted by atomic mass is 16.5. The minimum atomic E-state index is -0.364. The zero-order valence-corrected chi connectivity index (χ0v) is 12.8. The quantitative estimate of drug-likeness (QED) is 0.884. The van der Waals surface area contributed by atoms with E-state index in [4.69, 9.17) is 4.74 Å². The molecule has 6 heteroatoms. The smallest absolute Gasteiger partial charge is 0.270 e. The van der Waals surface area contributed by atoms with Gasteiger partial charge in [-0.05, 0) is 31.0 Å². The molecular weight excluding hydrogens is 282 g/mol. The van der Waals surface area contributed by atoms with Gasteiger partial charge in [0.1, 0.15) is 17.3 Å². The topological polar surface area (TPSA) is 84.1 Å². The standard InChI is InChI=1S/C16H19N3O3/c1-4-13(11-5-7-12(22-3)8-6-11)19-16(21)14-9-15(20)18-10(2)17-14/h5-9,13H,4H2,1-3H3,(H,19,21)(H,17,18,20)/t13-/m1/s1. The number of hydrogen-bond donors (Lipinski definition) is 2. The summed E-state index contributed by atoms with van der Waals surface area (Å²) >= 11 is 0. The van der Waals surface area contributed by atoms with Crippen molar-refractivity contribution in [3.63, 3.8) is 0 Å². The molecule has 2 N–H and O–H groups in total. The predicted molar refractivity (Wildman–Crippen MR) is 83.1 cm³/mol. The number of nitrogens with one attached hydrogen (secondary N) is 2. The number of nitrogens with zero attached hydrogens (tertiary/aromatic N) is 1. The van der Waals surface area contributed by atoms with Crippen molar-refractivity contribution < 1.29 is 9.53 Å². The minimum absolute atomic E-state index is 0.119. The lowest BCUT2D eigenvalue weighted by atomic mass is 10.0. The van der Waals surface area contributed by atoms with Crippen LogP contribution in [0, 0.1) is 6.92 Å². The van der Waals surface area contributed by atoms with Crippen molar-refractivity contribution in [2.24, 2.45) is 0 Å². The highest BCUT2D eigenvalue weighted by molar-refractivity contribution is 5.92. The van der Waals surface area contributed by atoms with Gasteiger partial charge < -0.3 is 15.0 Å². The largest absolute Gasteiger partial charge is 0.497 e. The van der Waals surface area contributed by atoms with Gasteiger partial charge in [0, 0.05) is 6.07 Å². The number of amides is 1. The van der Waals surface area contributed by atoms with Crippen LogP contribution in [0.2, 0.25) is 0 Å². The summed E-state index contributed by atoms with van der Waals surface area (Å²) in [5.74, 6) is 0.809. The number of rotatable bonds is 5. The van der Waals surface area contributed by atoms with Crippen LogP contribution >= 0.6 is 0 Å². The van der Waals surface area contributed by atoms with Gasteiger partial charge in [0.05, 0.1) is 13.2 Å². The van der Waals surface area contributed by atoms with Crippen molar-refractivity contribution in [3.05, 3.63) is 57.8 Å². The van der Waals surface area contributed by atoms with Gasteiger partial charge in [0.15, 0.2) is 0 Å². The molecule has 0 radical (unpaired) electrons. The first-order valence-electron chi connectivity index (χ1n) is 7.06. The molecule has 0 aliphatic rings. The second-order valence-corrected chi connectivity index (χ2v) is 4.92. The summed E-state index contributed by atoms with van der Waals surface area (Å²) in [6.45, 7) is 3.62. The average Bonchev–Trinajstić information content (AvgIpc) is 2.51. The molecule has 0 unspecified atom stereocenters. The normalized spacial score (nSPS) is 11.8. The number of H-pyrrole nitrogens is 1. The Hall–Kier alpha value is -2.63. The van der Waals surface area contributed by atoms with Gasteiger partial charge in [0.2, 0.25) is 0 Å². The number of hydrogen-bond acceptors (Lipinski definition) is 4. The highest BCUT2D eigenvalue weighted by Crippen LogP contribution is 2.20. The van der Waals surface area contributed by atoms with Gasteiger partial charge in [-0.25, -0.2) is 4.98 Å². The van der Waals surface area contributed by atoms with Crippen molar-refractivity contribution >= 4 is 5.91 Å². The molecule has 1 atom stereocenters. The molecule has 2 rings (SSSR count). The van der Waals surface area contributed by atoms with E-state index >= 15 is 0 Å². The Morgan fingerprint density at radius 1 is 1.36 bits per heavy atom. The van der Waals surface area contributed by atoms with E-state index in [2.05, 4.69) is 15.3 Å². The zero-order chi connectivity index (χ0) is 16.1. The Kier molecular flexibility index (Phi) is 4.93. The molecule has 0 saturated heterocycles.